The van der Waals surface area contributed by atoms with E-state index in [-0.39, 0.29) is 0 Å². The summed E-state index contributed by atoms with van der Waals surface area (Å²) in [6, 6.07) is 8.27. The van der Waals surface area contributed by atoms with Crippen LogP contribution in [0.1, 0.15) is 45.1 Å². The highest BCUT2D eigenvalue weighted by atomic mass is 16.5. The maximum atomic E-state index is 5.22. The number of benzene rings is 1. The van der Waals surface area contributed by atoms with Gasteiger partial charge in [-0.3, -0.25) is 0 Å². The van der Waals surface area contributed by atoms with E-state index in [4.69, 9.17) is 4.74 Å². The minimum atomic E-state index is 0.830. The van der Waals surface area contributed by atoms with E-state index in [1.807, 2.05) is 12.1 Å². The van der Waals surface area contributed by atoms with E-state index in [1.165, 1.54) is 31.2 Å². The standard InChI is InChI=1S/C15H23O/c1-4-7-13(5-2)10-11-14-8-6-9-15(12-14)16-3/h6,8-9,11-13H,4-5,7,10H2,1-3H3. The van der Waals surface area contributed by atoms with Gasteiger partial charge in [0.25, 0.3) is 0 Å². The monoisotopic (exact) mass is 219 g/mol. The Morgan fingerprint density at radius 2 is 2.12 bits per heavy atom. The Labute approximate surface area is 99.8 Å². The number of rotatable bonds is 7. The van der Waals surface area contributed by atoms with Gasteiger partial charge in [0, 0.05) is 0 Å². The third-order valence-electron chi connectivity index (χ3n) is 3.05. The van der Waals surface area contributed by atoms with Crippen molar-refractivity contribution in [3.63, 3.8) is 0 Å². The molecule has 1 atom stereocenters. The summed E-state index contributed by atoms with van der Waals surface area (Å²) in [7, 11) is 1.71. The van der Waals surface area contributed by atoms with Crippen molar-refractivity contribution in [2.45, 2.75) is 39.5 Å². The summed E-state index contributed by atoms with van der Waals surface area (Å²) in [5, 5.41) is 0. The summed E-state index contributed by atoms with van der Waals surface area (Å²) < 4.78 is 5.22. The summed E-state index contributed by atoms with van der Waals surface area (Å²) >= 11 is 0. The van der Waals surface area contributed by atoms with Gasteiger partial charge in [-0.1, -0.05) is 45.2 Å². The van der Waals surface area contributed by atoms with Gasteiger partial charge < -0.3 is 4.74 Å². The first kappa shape index (κ1) is 13.1. The summed E-state index contributed by atoms with van der Waals surface area (Å²) in [5.41, 5.74) is 1.27. The van der Waals surface area contributed by atoms with E-state index in [2.05, 4.69) is 32.4 Å². The Bertz CT molecular complexity index is 293. The normalized spacial score (nSPS) is 12.4. The molecule has 1 rings (SSSR count). The van der Waals surface area contributed by atoms with Crippen molar-refractivity contribution < 1.29 is 4.74 Å². The summed E-state index contributed by atoms with van der Waals surface area (Å²) in [5.74, 6) is 1.77. The van der Waals surface area contributed by atoms with Crippen LogP contribution in [0.2, 0.25) is 0 Å². The van der Waals surface area contributed by atoms with Crippen molar-refractivity contribution in [2.75, 3.05) is 7.11 Å². The Hall–Kier alpha value is -0.980. The molecule has 0 N–H and O–H groups in total. The molecule has 1 heteroatoms. The van der Waals surface area contributed by atoms with Crippen molar-refractivity contribution >= 4 is 0 Å². The molecule has 1 nitrogen and oxygen atoms in total. The van der Waals surface area contributed by atoms with Gasteiger partial charge in [-0.15, -0.1) is 0 Å². The summed E-state index contributed by atoms with van der Waals surface area (Å²) in [6.07, 6.45) is 7.39. The first-order chi connectivity index (χ1) is 7.80. The summed E-state index contributed by atoms with van der Waals surface area (Å²) in [6.45, 7) is 4.54. The molecule has 0 fully saturated rings. The fourth-order valence-electron chi connectivity index (χ4n) is 1.97. The minimum Gasteiger partial charge on any atom is -0.497 e. The van der Waals surface area contributed by atoms with Crippen LogP contribution >= 0.6 is 0 Å². The zero-order valence-electron chi connectivity index (χ0n) is 10.7. The van der Waals surface area contributed by atoms with Crippen LogP contribution in [-0.4, -0.2) is 7.11 Å². The SMILES string of the molecule is CCCC(CC)C[CH]c1cccc(OC)c1. The van der Waals surface area contributed by atoms with Crippen molar-refractivity contribution in [3.05, 3.63) is 36.2 Å². The highest BCUT2D eigenvalue weighted by molar-refractivity contribution is 5.32. The van der Waals surface area contributed by atoms with Crippen LogP contribution in [0.25, 0.3) is 0 Å². The van der Waals surface area contributed by atoms with Crippen LogP contribution in [-0.2, 0) is 0 Å². The molecule has 16 heavy (non-hydrogen) atoms. The lowest BCUT2D eigenvalue weighted by atomic mass is 9.93. The van der Waals surface area contributed by atoms with Gasteiger partial charge in [-0.2, -0.15) is 0 Å². The smallest absolute Gasteiger partial charge is 0.119 e. The zero-order valence-corrected chi connectivity index (χ0v) is 10.7. The number of ether oxygens (including phenoxy) is 1. The minimum absolute atomic E-state index is 0.830. The second kappa shape index (κ2) is 7.32. The highest BCUT2D eigenvalue weighted by Crippen LogP contribution is 2.21. The van der Waals surface area contributed by atoms with Crippen LogP contribution in [0.5, 0.6) is 5.75 Å². The first-order valence-corrected chi connectivity index (χ1v) is 6.27. The molecule has 89 valence electrons. The average Bonchev–Trinajstić information content (AvgIpc) is 2.34. The lowest BCUT2D eigenvalue weighted by Gasteiger charge is -2.13. The van der Waals surface area contributed by atoms with Crippen LogP contribution in [0, 0.1) is 12.3 Å². The Kier molecular flexibility index (Phi) is 5.99. The lowest BCUT2D eigenvalue weighted by molar-refractivity contribution is 0.414. The van der Waals surface area contributed by atoms with Crippen molar-refractivity contribution in [2.24, 2.45) is 5.92 Å². The molecule has 1 aromatic carbocycles. The molecule has 0 aromatic heterocycles. The molecule has 0 aliphatic rings. The molecule has 0 aliphatic heterocycles. The second-order valence-corrected chi connectivity index (χ2v) is 4.28. The van der Waals surface area contributed by atoms with Crippen molar-refractivity contribution in [1.29, 1.82) is 0 Å². The number of methoxy groups -OCH3 is 1. The molecular weight excluding hydrogens is 196 g/mol. The van der Waals surface area contributed by atoms with Gasteiger partial charge in [-0.25, -0.2) is 0 Å². The molecule has 0 heterocycles. The van der Waals surface area contributed by atoms with Crippen LogP contribution in [0.3, 0.4) is 0 Å². The molecule has 0 saturated heterocycles. The van der Waals surface area contributed by atoms with Gasteiger partial charge in [0.2, 0.25) is 0 Å². The Morgan fingerprint density at radius 1 is 1.31 bits per heavy atom. The zero-order chi connectivity index (χ0) is 11.8. The largest absolute Gasteiger partial charge is 0.497 e. The van der Waals surface area contributed by atoms with E-state index in [0.717, 1.165) is 11.7 Å². The van der Waals surface area contributed by atoms with Gasteiger partial charge in [0.05, 0.1) is 7.11 Å². The molecule has 0 bridgehead atoms. The van der Waals surface area contributed by atoms with Crippen LogP contribution in [0.15, 0.2) is 24.3 Å². The third-order valence-corrected chi connectivity index (χ3v) is 3.05. The lowest BCUT2D eigenvalue weighted by Crippen LogP contribution is -1.99. The van der Waals surface area contributed by atoms with E-state index in [9.17, 15) is 0 Å². The fourth-order valence-corrected chi connectivity index (χ4v) is 1.97. The maximum absolute atomic E-state index is 5.22. The quantitative estimate of drug-likeness (QED) is 0.657. The van der Waals surface area contributed by atoms with Crippen LogP contribution < -0.4 is 4.74 Å². The second-order valence-electron chi connectivity index (χ2n) is 4.28. The molecule has 0 saturated carbocycles. The van der Waals surface area contributed by atoms with E-state index in [1.54, 1.807) is 7.11 Å². The topological polar surface area (TPSA) is 9.23 Å². The number of hydrogen-bond acceptors (Lipinski definition) is 1. The molecule has 0 spiro atoms. The molecule has 1 unspecified atom stereocenters. The maximum Gasteiger partial charge on any atom is 0.119 e. The van der Waals surface area contributed by atoms with Gasteiger partial charge >= 0.3 is 0 Å². The summed E-state index contributed by atoms with van der Waals surface area (Å²) in [4.78, 5) is 0. The fraction of sp³-hybridized carbons (Fsp3) is 0.533. The van der Waals surface area contributed by atoms with Gasteiger partial charge in [0.1, 0.15) is 5.75 Å². The Morgan fingerprint density at radius 3 is 2.75 bits per heavy atom. The average molecular weight is 219 g/mol. The van der Waals surface area contributed by atoms with Crippen molar-refractivity contribution in [1.82, 2.24) is 0 Å². The third kappa shape index (κ3) is 4.26. The van der Waals surface area contributed by atoms with E-state index >= 15 is 0 Å². The molecule has 0 amide bonds. The Balaban J connectivity index is 2.46. The van der Waals surface area contributed by atoms with Gasteiger partial charge in [-0.05, 0) is 36.5 Å². The molecule has 1 aromatic rings. The number of hydrogen-bond donors (Lipinski definition) is 0. The predicted molar refractivity (Wildman–Crippen MR) is 69.7 cm³/mol. The van der Waals surface area contributed by atoms with Crippen molar-refractivity contribution in [3.8, 4) is 5.75 Å². The highest BCUT2D eigenvalue weighted by Gasteiger charge is 2.05. The molecule has 0 aliphatic carbocycles. The van der Waals surface area contributed by atoms with Crippen LogP contribution in [0.4, 0.5) is 0 Å². The van der Waals surface area contributed by atoms with Gasteiger partial charge in [0.15, 0.2) is 0 Å². The molecule has 1 radical (unpaired) electrons. The predicted octanol–water partition coefficient (Wildman–Crippen LogP) is 4.46. The first-order valence-electron chi connectivity index (χ1n) is 6.27. The van der Waals surface area contributed by atoms with E-state index < -0.39 is 0 Å². The molecular formula is C15H23O. The van der Waals surface area contributed by atoms with E-state index in [0.29, 0.717) is 0 Å².